The average molecular weight is 279 g/mol. The first-order valence-electron chi connectivity index (χ1n) is 5.70. The van der Waals surface area contributed by atoms with E-state index in [9.17, 15) is 13.6 Å². The Morgan fingerprint density at radius 1 is 1.37 bits per heavy atom. The molecule has 1 heterocycles. The van der Waals surface area contributed by atoms with Crippen LogP contribution in [0.2, 0.25) is 0 Å². The van der Waals surface area contributed by atoms with E-state index in [4.69, 9.17) is 4.74 Å². The van der Waals surface area contributed by atoms with E-state index < -0.39 is 21.9 Å². The van der Waals surface area contributed by atoms with Crippen molar-refractivity contribution in [3.05, 3.63) is 48.0 Å². The molecule has 1 aliphatic rings. The number of nitrogens with zero attached hydrogens (tertiary/aromatic N) is 1. The van der Waals surface area contributed by atoms with Gasteiger partial charge in [0.2, 0.25) is 0 Å². The summed E-state index contributed by atoms with van der Waals surface area (Å²) in [7, 11) is 0. The van der Waals surface area contributed by atoms with Gasteiger partial charge in [0.1, 0.15) is 0 Å². The molecule has 19 heavy (non-hydrogen) atoms. The molecular formula is C13H13NO4S. The highest BCUT2D eigenvalue weighted by Crippen LogP contribution is 2.25. The summed E-state index contributed by atoms with van der Waals surface area (Å²) in [6.07, 6.45) is 4.78. The third-order valence-corrected chi connectivity index (χ3v) is 3.79. The summed E-state index contributed by atoms with van der Waals surface area (Å²) in [5.41, 5.74) is 0.451. The lowest BCUT2D eigenvalue weighted by molar-refractivity contribution is 0.0493. The molecule has 0 spiro atoms. The van der Waals surface area contributed by atoms with Crippen LogP contribution in [-0.2, 0) is 15.8 Å². The lowest BCUT2D eigenvalue weighted by atomic mass is 10.2. The van der Waals surface area contributed by atoms with Crippen molar-refractivity contribution in [2.45, 2.75) is 11.3 Å². The molecule has 2 rings (SSSR count). The topological polar surface area (TPSA) is 76.0 Å². The van der Waals surface area contributed by atoms with Crippen LogP contribution in [0.1, 0.15) is 16.8 Å². The van der Waals surface area contributed by atoms with Crippen molar-refractivity contribution in [1.82, 2.24) is 0 Å². The number of hydrogen-bond donors (Lipinski definition) is 1. The molecular weight excluding hydrogens is 266 g/mol. The molecule has 100 valence electrons. The Morgan fingerprint density at radius 3 is 2.68 bits per heavy atom. The predicted octanol–water partition coefficient (Wildman–Crippen LogP) is 1.79. The molecule has 0 fully saturated rings. The Kier molecular flexibility index (Phi) is 4.24. The number of carbonyl (C=O) groups excluding carboxylic acids is 1. The molecule has 5 nitrogen and oxygen atoms in total. The Bertz CT molecular complexity index is 527. The third-order valence-electron chi connectivity index (χ3n) is 2.74. The van der Waals surface area contributed by atoms with E-state index in [0.29, 0.717) is 5.56 Å². The van der Waals surface area contributed by atoms with Gasteiger partial charge in [0, 0.05) is 12.6 Å². The molecule has 1 aromatic rings. The van der Waals surface area contributed by atoms with Gasteiger partial charge in [-0.05, 0) is 24.3 Å². The summed E-state index contributed by atoms with van der Waals surface area (Å²) in [6.45, 7) is 0.0295. The predicted molar refractivity (Wildman–Crippen MR) is 72.5 cm³/mol. The van der Waals surface area contributed by atoms with Gasteiger partial charge in [0.25, 0.3) is 0 Å². The van der Waals surface area contributed by atoms with Crippen LogP contribution >= 0.6 is 0 Å². The molecule has 2 unspecified atom stereocenters. The molecule has 6 heteroatoms. The van der Waals surface area contributed by atoms with Crippen LogP contribution in [-0.4, -0.2) is 32.4 Å². The minimum atomic E-state index is -2.13. The monoisotopic (exact) mass is 279 g/mol. The molecule has 1 aliphatic heterocycles. The van der Waals surface area contributed by atoms with Crippen LogP contribution < -0.4 is 0 Å². The maximum atomic E-state index is 11.7. The second-order valence-corrected chi connectivity index (χ2v) is 5.19. The molecule has 0 aromatic heterocycles. The second kappa shape index (κ2) is 5.90. The van der Waals surface area contributed by atoms with Crippen molar-refractivity contribution < 1.29 is 18.3 Å². The maximum absolute atomic E-state index is 11.7. The van der Waals surface area contributed by atoms with E-state index in [0.717, 1.165) is 0 Å². The lowest BCUT2D eigenvalue weighted by Gasteiger charge is -2.19. The van der Waals surface area contributed by atoms with Gasteiger partial charge in [0.15, 0.2) is 16.0 Å². The van der Waals surface area contributed by atoms with Crippen molar-refractivity contribution in [3.8, 4) is 0 Å². The number of hydrogen-bond acceptors (Lipinski definition) is 4. The number of esters is 1. The van der Waals surface area contributed by atoms with Crippen LogP contribution in [0, 0.1) is 0 Å². The van der Waals surface area contributed by atoms with Gasteiger partial charge in [0.05, 0.1) is 12.2 Å². The Labute approximate surface area is 113 Å². The van der Waals surface area contributed by atoms with E-state index in [1.807, 2.05) is 0 Å². The van der Waals surface area contributed by atoms with Gasteiger partial charge < -0.3 is 9.29 Å². The summed E-state index contributed by atoms with van der Waals surface area (Å²) in [6, 6.07) is 8.58. The zero-order valence-corrected chi connectivity index (χ0v) is 10.9. The van der Waals surface area contributed by atoms with Crippen molar-refractivity contribution in [3.63, 3.8) is 0 Å². The van der Waals surface area contributed by atoms with Gasteiger partial charge >= 0.3 is 5.97 Å². The molecule has 2 atom stereocenters. The maximum Gasteiger partial charge on any atom is 0.338 e. The van der Waals surface area contributed by atoms with Gasteiger partial charge in [-0.1, -0.05) is 18.2 Å². The van der Waals surface area contributed by atoms with Crippen LogP contribution in [0.3, 0.4) is 0 Å². The van der Waals surface area contributed by atoms with Crippen molar-refractivity contribution in [2.24, 2.45) is 4.99 Å². The summed E-state index contributed by atoms with van der Waals surface area (Å²) < 4.78 is 25.6. The standard InChI is InChI=1S/C13H13NO4S/c15-12(11-5-2-1-3-6-11)18-10-8-13(19(16)17)7-4-9-14-13/h1-7,9H,8,10H2,(H,16,17). The number of ether oxygens (including phenoxy) is 1. The van der Waals surface area contributed by atoms with Crippen molar-refractivity contribution in [2.75, 3.05) is 6.61 Å². The van der Waals surface area contributed by atoms with Gasteiger partial charge in [-0.15, -0.1) is 0 Å². The largest absolute Gasteiger partial charge is 0.462 e. The minimum absolute atomic E-state index is 0.0295. The molecule has 0 aliphatic carbocycles. The van der Waals surface area contributed by atoms with Crippen LogP contribution in [0.4, 0.5) is 0 Å². The zero-order chi connectivity index (χ0) is 13.7. The van der Waals surface area contributed by atoms with Gasteiger partial charge in [-0.25, -0.2) is 9.00 Å². The van der Waals surface area contributed by atoms with E-state index in [1.54, 1.807) is 42.5 Å². The Hall–Kier alpha value is -1.79. The first kappa shape index (κ1) is 13.6. The third kappa shape index (κ3) is 3.15. The smallest absolute Gasteiger partial charge is 0.338 e. The molecule has 0 saturated heterocycles. The highest BCUT2D eigenvalue weighted by molar-refractivity contribution is 7.81. The zero-order valence-electron chi connectivity index (χ0n) is 10.1. The fourth-order valence-corrected chi connectivity index (χ4v) is 2.30. The summed E-state index contributed by atoms with van der Waals surface area (Å²) in [5.74, 6) is -0.453. The first-order valence-corrected chi connectivity index (χ1v) is 6.81. The second-order valence-electron chi connectivity index (χ2n) is 3.98. The van der Waals surface area contributed by atoms with E-state index in [-0.39, 0.29) is 13.0 Å². The summed E-state index contributed by atoms with van der Waals surface area (Å²) >= 11 is -2.13. The Balaban J connectivity index is 1.90. The molecule has 0 radical (unpaired) electrons. The highest BCUT2D eigenvalue weighted by Gasteiger charge is 2.34. The Morgan fingerprint density at radius 2 is 2.11 bits per heavy atom. The van der Waals surface area contributed by atoms with Crippen LogP contribution in [0.25, 0.3) is 0 Å². The number of rotatable bonds is 5. The van der Waals surface area contributed by atoms with Gasteiger partial charge in [-0.3, -0.25) is 4.99 Å². The highest BCUT2D eigenvalue weighted by atomic mass is 32.2. The van der Waals surface area contributed by atoms with Crippen molar-refractivity contribution in [1.29, 1.82) is 0 Å². The number of benzene rings is 1. The summed E-state index contributed by atoms with van der Waals surface area (Å²) in [4.78, 5) is 14.5. The van der Waals surface area contributed by atoms with E-state index >= 15 is 0 Å². The molecule has 1 N–H and O–H groups in total. The molecule has 0 bridgehead atoms. The SMILES string of the molecule is O=C(OCCC1(S(=O)O)C=CC=N1)c1ccccc1. The molecule has 0 amide bonds. The summed E-state index contributed by atoms with van der Waals surface area (Å²) in [5, 5.41) is 0. The molecule has 0 saturated carbocycles. The fraction of sp³-hybridized carbons (Fsp3) is 0.231. The normalized spacial score (nSPS) is 22.4. The van der Waals surface area contributed by atoms with Gasteiger partial charge in [-0.2, -0.15) is 0 Å². The minimum Gasteiger partial charge on any atom is -0.462 e. The van der Waals surface area contributed by atoms with E-state index in [2.05, 4.69) is 4.99 Å². The van der Waals surface area contributed by atoms with Crippen LogP contribution in [0.5, 0.6) is 0 Å². The van der Waals surface area contributed by atoms with Crippen LogP contribution in [0.15, 0.2) is 47.5 Å². The van der Waals surface area contributed by atoms with E-state index in [1.165, 1.54) is 6.21 Å². The lowest BCUT2D eigenvalue weighted by Crippen LogP contribution is -2.30. The number of aliphatic imine (C=N–C) groups is 1. The molecule has 1 aromatic carbocycles. The van der Waals surface area contributed by atoms with Crippen molar-refractivity contribution >= 4 is 23.3 Å². The fourth-order valence-electron chi connectivity index (χ4n) is 1.69. The first-order chi connectivity index (χ1) is 9.14. The number of carbonyl (C=O) groups is 1. The quantitative estimate of drug-likeness (QED) is 0.658. The average Bonchev–Trinajstić information content (AvgIpc) is 2.90. The number of allylic oxidation sites excluding steroid dienone is 1.